The van der Waals surface area contributed by atoms with Crippen LogP contribution in [0.15, 0.2) is 71.8 Å². The minimum atomic E-state index is -1.27. The maximum absolute atomic E-state index is 13.4. The van der Waals surface area contributed by atoms with Gasteiger partial charge in [-0.05, 0) is 96.8 Å². The summed E-state index contributed by atoms with van der Waals surface area (Å²) < 4.78 is 43.2. The number of hydrogen-bond acceptors (Lipinski definition) is 13. The molecule has 15 heteroatoms. The largest absolute Gasteiger partial charge is 0.495 e. The number of Topliss-reactive ketones (excluding diaryl/α,β-unsaturated/α-hetero) is 2. The third-order valence-electron chi connectivity index (χ3n) is 9.06. The first-order valence-corrected chi connectivity index (χ1v) is 18.0. The fraction of sp³-hybridized carbons (Fsp3) is 0.273. The van der Waals surface area contributed by atoms with Crippen LogP contribution in [0.5, 0.6) is 46.0 Å². The van der Waals surface area contributed by atoms with Gasteiger partial charge in [0.25, 0.3) is 0 Å². The Balaban J connectivity index is 1.48. The smallest absolute Gasteiger partial charge is 0.241 e. The highest BCUT2D eigenvalue weighted by Gasteiger charge is 2.22. The quantitative estimate of drug-likeness (QED) is 0.0677. The SMILES string of the molecule is COc1ccc(C=C(C)C(=O)c2cc(OC)c(OC)c(OC)c2)cc1NC(=O)CC(N)C(=O)Nc1cc(C=C(C)C(=O)c2cc(OC)c(OC)c(OC)c2)ccc1OC. The normalized spacial score (nSPS) is 11.8. The molecule has 0 fully saturated rings. The number of hydrogen-bond donors (Lipinski definition) is 3. The Hall–Kier alpha value is -7.00. The average Bonchev–Trinajstić information content (AvgIpc) is 3.24. The summed E-state index contributed by atoms with van der Waals surface area (Å²) in [6, 6.07) is 14.9. The zero-order valence-electron chi connectivity index (χ0n) is 34.7. The summed E-state index contributed by atoms with van der Waals surface area (Å²) in [5, 5.41) is 5.48. The molecule has 0 aliphatic rings. The number of rotatable bonds is 19. The summed E-state index contributed by atoms with van der Waals surface area (Å²) in [5.74, 6) is 0.915. The molecule has 0 saturated heterocycles. The van der Waals surface area contributed by atoms with Gasteiger partial charge in [-0.2, -0.15) is 0 Å². The number of methoxy groups -OCH3 is 8. The fourth-order valence-corrected chi connectivity index (χ4v) is 6.06. The molecule has 1 unspecified atom stereocenters. The molecule has 4 aromatic carbocycles. The highest BCUT2D eigenvalue weighted by molar-refractivity contribution is 6.12. The van der Waals surface area contributed by atoms with E-state index < -0.39 is 24.3 Å². The molecule has 0 saturated carbocycles. The van der Waals surface area contributed by atoms with Gasteiger partial charge in [-0.25, -0.2) is 0 Å². The summed E-state index contributed by atoms with van der Waals surface area (Å²) in [4.78, 5) is 53.4. The number of ether oxygens (including phenoxy) is 8. The summed E-state index contributed by atoms with van der Waals surface area (Å²) >= 11 is 0. The van der Waals surface area contributed by atoms with E-state index in [1.54, 1.807) is 86.7 Å². The number of benzene rings is 4. The van der Waals surface area contributed by atoms with Crippen molar-refractivity contribution in [3.05, 3.63) is 94.1 Å². The molecule has 0 aliphatic carbocycles. The second kappa shape index (κ2) is 20.4. The van der Waals surface area contributed by atoms with E-state index in [0.717, 1.165) is 0 Å². The Morgan fingerprint density at radius 1 is 0.525 bits per heavy atom. The van der Waals surface area contributed by atoms with Crippen LogP contribution in [-0.2, 0) is 9.59 Å². The third kappa shape index (κ3) is 10.7. The molecular formula is C44H49N3O12. The lowest BCUT2D eigenvalue weighted by molar-refractivity contribution is -0.122. The van der Waals surface area contributed by atoms with Crippen LogP contribution in [-0.4, -0.2) is 86.3 Å². The van der Waals surface area contributed by atoms with E-state index in [9.17, 15) is 19.2 Å². The predicted molar refractivity (Wildman–Crippen MR) is 224 cm³/mol. The lowest BCUT2D eigenvalue weighted by Gasteiger charge is -2.16. The van der Waals surface area contributed by atoms with Crippen molar-refractivity contribution in [3.63, 3.8) is 0 Å². The molecule has 0 radical (unpaired) electrons. The summed E-state index contributed by atoms with van der Waals surface area (Å²) in [6.07, 6.45) is 2.91. The van der Waals surface area contributed by atoms with E-state index in [1.165, 1.54) is 56.9 Å². The van der Waals surface area contributed by atoms with Gasteiger partial charge in [-0.1, -0.05) is 12.1 Å². The van der Waals surface area contributed by atoms with E-state index in [1.807, 2.05) is 0 Å². The maximum Gasteiger partial charge on any atom is 0.241 e. The second-order valence-corrected chi connectivity index (χ2v) is 12.9. The molecule has 15 nitrogen and oxygen atoms in total. The molecule has 1 atom stereocenters. The van der Waals surface area contributed by atoms with E-state index in [4.69, 9.17) is 43.6 Å². The summed E-state index contributed by atoms with van der Waals surface area (Å²) in [7, 11) is 11.7. The predicted octanol–water partition coefficient (Wildman–Crippen LogP) is 6.62. The average molecular weight is 812 g/mol. The van der Waals surface area contributed by atoms with Crippen LogP contribution in [0, 0.1) is 0 Å². The first-order chi connectivity index (χ1) is 28.2. The van der Waals surface area contributed by atoms with Crippen LogP contribution in [0.25, 0.3) is 12.2 Å². The molecule has 4 aromatic rings. The van der Waals surface area contributed by atoms with E-state index in [0.29, 0.717) is 85.1 Å². The number of allylic oxidation sites excluding steroid dienone is 2. The van der Waals surface area contributed by atoms with Crippen molar-refractivity contribution < 1.29 is 57.1 Å². The molecule has 312 valence electrons. The van der Waals surface area contributed by atoms with Gasteiger partial charge in [0.2, 0.25) is 23.3 Å². The van der Waals surface area contributed by atoms with Gasteiger partial charge in [-0.15, -0.1) is 0 Å². The summed E-state index contributed by atoms with van der Waals surface area (Å²) in [5.41, 5.74) is 9.34. The van der Waals surface area contributed by atoms with Gasteiger partial charge in [0.15, 0.2) is 34.6 Å². The Morgan fingerprint density at radius 2 is 0.881 bits per heavy atom. The van der Waals surface area contributed by atoms with Crippen LogP contribution in [0.2, 0.25) is 0 Å². The minimum absolute atomic E-state index is 0.271. The lowest BCUT2D eigenvalue weighted by Crippen LogP contribution is -2.38. The Morgan fingerprint density at radius 3 is 1.22 bits per heavy atom. The van der Waals surface area contributed by atoms with Crippen molar-refractivity contribution in [2.24, 2.45) is 5.73 Å². The van der Waals surface area contributed by atoms with Gasteiger partial charge >= 0.3 is 0 Å². The fourth-order valence-electron chi connectivity index (χ4n) is 6.06. The van der Waals surface area contributed by atoms with Crippen LogP contribution >= 0.6 is 0 Å². The Kier molecular flexibility index (Phi) is 15.5. The van der Waals surface area contributed by atoms with Gasteiger partial charge < -0.3 is 54.3 Å². The second-order valence-electron chi connectivity index (χ2n) is 12.9. The van der Waals surface area contributed by atoms with Crippen LogP contribution in [0.3, 0.4) is 0 Å². The number of carbonyl (C=O) groups is 4. The lowest BCUT2D eigenvalue weighted by atomic mass is 10.0. The zero-order chi connectivity index (χ0) is 43.4. The Bertz CT molecular complexity index is 2230. The molecule has 59 heavy (non-hydrogen) atoms. The maximum atomic E-state index is 13.4. The van der Waals surface area contributed by atoms with Crippen molar-refractivity contribution in [3.8, 4) is 46.0 Å². The Labute approximate surface area is 343 Å². The van der Waals surface area contributed by atoms with Crippen molar-refractivity contribution in [2.75, 3.05) is 67.5 Å². The standard InChI is InChI=1S/C44H49N3O12/c1-24(40(49)28-19-35(54-5)42(58-9)36(20-28)55-6)15-26-11-13-33(52-3)31(17-26)46-39(48)23-30(45)44(51)47-32-18-27(12-14-34(32)53-4)16-25(2)41(50)29-21-37(56-7)43(59-10)38(22-29)57-8/h11-22,30H,23,45H2,1-10H3,(H,46,48)(H,47,51). The van der Waals surface area contributed by atoms with Crippen molar-refractivity contribution in [1.29, 1.82) is 0 Å². The van der Waals surface area contributed by atoms with Gasteiger partial charge in [-0.3, -0.25) is 19.2 Å². The third-order valence-corrected chi connectivity index (χ3v) is 9.06. The number of carbonyl (C=O) groups excluding carboxylic acids is 4. The highest BCUT2D eigenvalue weighted by Crippen LogP contribution is 2.40. The molecule has 0 bridgehead atoms. The van der Waals surface area contributed by atoms with Gasteiger partial charge in [0, 0.05) is 11.1 Å². The van der Waals surface area contributed by atoms with Crippen LogP contribution < -0.4 is 54.3 Å². The number of nitrogens with two attached hydrogens (primary N) is 1. The van der Waals surface area contributed by atoms with E-state index >= 15 is 0 Å². The molecular weight excluding hydrogens is 762 g/mol. The molecule has 4 rings (SSSR count). The highest BCUT2D eigenvalue weighted by atomic mass is 16.5. The van der Waals surface area contributed by atoms with E-state index in [2.05, 4.69) is 10.6 Å². The molecule has 0 aromatic heterocycles. The van der Waals surface area contributed by atoms with Crippen LogP contribution in [0.4, 0.5) is 11.4 Å². The van der Waals surface area contributed by atoms with Gasteiger partial charge in [0.1, 0.15) is 11.5 Å². The molecule has 4 N–H and O–H groups in total. The van der Waals surface area contributed by atoms with Gasteiger partial charge in [0.05, 0.1) is 80.7 Å². The zero-order valence-corrected chi connectivity index (χ0v) is 34.7. The molecule has 0 aliphatic heterocycles. The number of ketones is 2. The molecule has 0 heterocycles. The first kappa shape index (κ1) is 44.7. The van der Waals surface area contributed by atoms with Crippen LogP contribution in [0.1, 0.15) is 52.1 Å². The van der Waals surface area contributed by atoms with Crippen molar-refractivity contribution in [1.82, 2.24) is 0 Å². The van der Waals surface area contributed by atoms with Crippen molar-refractivity contribution >= 4 is 46.9 Å². The topological polar surface area (TPSA) is 192 Å². The monoisotopic (exact) mass is 811 g/mol. The van der Waals surface area contributed by atoms with E-state index in [-0.39, 0.29) is 17.3 Å². The number of anilines is 2. The summed E-state index contributed by atoms with van der Waals surface area (Å²) in [6.45, 7) is 3.31. The number of amides is 2. The minimum Gasteiger partial charge on any atom is -0.495 e. The van der Waals surface area contributed by atoms with Crippen molar-refractivity contribution in [2.45, 2.75) is 26.3 Å². The first-order valence-electron chi connectivity index (χ1n) is 18.0. The number of nitrogens with one attached hydrogen (secondary N) is 2. The molecule has 2 amide bonds. The molecule has 0 spiro atoms.